The Labute approximate surface area is 120 Å². The van der Waals surface area contributed by atoms with Gasteiger partial charge in [0.25, 0.3) is 5.24 Å². The van der Waals surface area contributed by atoms with Crippen molar-refractivity contribution in [1.29, 1.82) is 0 Å². The molecule has 4 heteroatoms. The van der Waals surface area contributed by atoms with Crippen molar-refractivity contribution < 1.29 is 4.79 Å². The van der Waals surface area contributed by atoms with Crippen LogP contribution in [0.2, 0.25) is 5.02 Å². The number of hydrogen-bond donors (Lipinski definition) is 0. The molecule has 0 radical (unpaired) electrons. The smallest absolute Gasteiger partial charge is 0.251 e. The van der Waals surface area contributed by atoms with Crippen LogP contribution in [-0.2, 0) is 9.67 Å². The molecule has 1 atom stereocenters. The third-order valence-corrected chi connectivity index (χ3v) is 3.99. The fourth-order valence-electron chi connectivity index (χ4n) is 1.78. The zero-order valence-electron chi connectivity index (χ0n) is 9.24. The highest BCUT2D eigenvalue weighted by Crippen LogP contribution is 2.41. The first-order valence-electron chi connectivity index (χ1n) is 5.26. The van der Waals surface area contributed by atoms with Gasteiger partial charge in [-0.3, -0.25) is 4.79 Å². The maximum absolute atomic E-state index is 11.8. The van der Waals surface area contributed by atoms with Crippen molar-refractivity contribution in [2.24, 2.45) is 0 Å². The zero-order valence-corrected chi connectivity index (χ0v) is 11.5. The van der Waals surface area contributed by atoms with Crippen molar-refractivity contribution in [3.8, 4) is 0 Å². The van der Waals surface area contributed by atoms with Gasteiger partial charge >= 0.3 is 0 Å². The van der Waals surface area contributed by atoms with E-state index in [-0.39, 0.29) is 0 Å². The summed E-state index contributed by atoms with van der Waals surface area (Å²) >= 11 is 18.3. The van der Waals surface area contributed by atoms with Crippen LogP contribution in [0, 0.1) is 0 Å². The number of halogens is 3. The molecule has 2 rings (SSSR count). The Kier molecular flexibility index (Phi) is 3.96. The van der Waals surface area contributed by atoms with E-state index in [1.807, 2.05) is 6.07 Å². The van der Waals surface area contributed by atoms with Crippen molar-refractivity contribution in [2.45, 2.75) is 4.87 Å². The molecule has 0 saturated heterocycles. The van der Waals surface area contributed by atoms with Gasteiger partial charge in [0.15, 0.2) is 4.87 Å². The molecule has 0 aliphatic rings. The van der Waals surface area contributed by atoms with Crippen molar-refractivity contribution in [1.82, 2.24) is 0 Å². The highest BCUT2D eigenvalue weighted by atomic mass is 35.5. The second-order valence-corrected chi connectivity index (χ2v) is 5.10. The van der Waals surface area contributed by atoms with Gasteiger partial charge in [0.05, 0.1) is 0 Å². The molecule has 92 valence electrons. The normalized spacial score (nSPS) is 13.9. The molecule has 2 aromatic carbocycles. The number of carbonyl (C=O) groups excluding carboxylic acids is 1. The van der Waals surface area contributed by atoms with E-state index < -0.39 is 10.1 Å². The maximum atomic E-state index is 11.8. The van der Waals surface area contributed by atoms with Gasteiger partial charge in [-0.05, 0) is 23.2 Å². The van der Waals surface area contributed by atoms with Crippen LogP contribution >= 0.6 is 34.8 Å². The highest BCUT2D eigenvalue weighted by molar-refractivity contribution is 6.71. The molecule has 0 aliphatic carbocycles. The summed E-state index contributed by atoms with van der Waals surface area (Å²) in [5.74, 6) is 0. The first kappa shape index (κ1) is 13.4. The Hall–Kier alpha value is -1.02. The van der Waals surface area contributed by atoms with Crippen molar-refractivity contribution in [3.63, 3.8) is 0 Å². The summed E-state index contributed by atoms with van der Waals surface area (Å²) in [6.07, 6.45) is 0. The Morgan fingerprint density at radius 1 is 0.944 bits per heavy atom. The van der Waals surface area contributed by atoms with Crippen LogP contribution in [0.25, 0.3) is 0 Å². The standard InChI is InChI=1S/C14H9Cl3O/c15-12-9-5-4-8-11(12)14(17,13(16)18)10-6-2-1-3-7-10/h1-9H. The Bertz CT molecular complexity index is 568. The second-order valence-electron chi connectivity index (χ2n) is 3.78. The Balaban J connectivity index is 2.67. The average Bonchev–Trinajstić information content (AvgIpc) is 2.39. The fraction of sp³-hybridized carbons (Fsp3) is 0.0714. The second kappa shape index (κ2) is 5.31. The molecule has 1 nitrogen and oxygen atoms in total. The molecule has 0 spiro atoms. The molecular weight excluding hydrogens is 291 g/mol. The number of benzene rings is 2. The molecule has 0 fully saturated rings. The summed E-state index contributed by atoms with van der Waals surface area (Å²) in [6, 6.07) is 15.8. The van der Waals surface area contributed by atoms with Crippen LogP contribution in [0.1, 0.15) is 11.1 Å². The van der Waals surface area contributed by atoms with Crippen LogP contribution in [-0.4, -0.2) is 5.24 Å². The van der Waals surface area contributed by atoms with Gasteiger partial charge in [-0.2, -0.15) is 0 Å². The van der Waals surface area contributed by atoms with Gasteiger partial charge < -0.3 is 0 Å². The molecule has 0 aromatic heterocycles. The van der Waals surface area contributed by atoms with Crippen LogP contribution in [0.5, 0.6) is 0 Å². The highest BCUT2D eigenvalue weighted by Gasteiger charge is 2.40. The molecule has 18 heavy (non-hydrogen) atoms. The summed E-state index contributed by atoms with van der Waals surface area (Å²) in [7, 11) is 0. The number of alkyl halides is 1. The van der Waals surface area contributed by atoms with Crippen molar-refractivity contribution >= 4 is 40.0 Å². The minimum atomic E-state index is -1.46. The lowest BCUT2D eigenvalue weighted by molar-refractivity contribution is -0.113. The van der Waals surface area contributed by atoms with Crippen LogP contribution in [0.4, 0.5) is 0 Å². The summed E-state index contributed by atoms with van der Waals surface area (Å²) in [4.78, 5) is 10.3. The zero-order chi connectivity index (χ0) is 13.2. The van der Waals surface area contributed by atoms with E-state index in [0.717, 1.165) is 0 Å². The molecule has 0 heterocycles. The number of rotatable bonds is 3. The van der Waals surface area contributed by atoms with E-state index in [9.17, 15) is 4.79 Å². The van der Waals surface area contributed by atoms with Gasteiger partial charge in [-0.1, -0.05) is 71.7 Å². The lowest BCUT2D eigenvalue weighted by atomic mass is 9.91. The third-order valence-electron chi connectivity index (χ3n) is 2.69. The average molecular weight is 300 g/mol. The van der Waals surface area contributed by atoms with E-state index in [1.165, 1.54) is 0 Å². The van der Waals surface area contributed by atoms with Crippen molar-refractivity contribution in [2.75, 3.05) is 0 Å². The summed E-state index contributed by atoms with van der Waals surface area (Å²) in [6.45, 7) is 0. The molecule has 1 unspecified atom stereocenters. The predicted molar refractivity (Wildman–Crippen MR) is 75.4 cm³/mol. The number of carbonyl (C=O) groups is 1. The van der Waals surface area contributed by atoms with E-state index in [2.05, 4.69) is 0 Å². The quantitative estimate of drug-likeness (QED) is 0.598. The van der Waals surface area contributed by atoms with E-state index in [1.54, 1.807) is 48.5 Å². The van der Waals surface area contributed by atoms with Gasteiger partial charge in [0.2, 0.25) is 0 Å². The lowest BCUT2D eigenvalue weighted by Gasteiger charge is -2.24. The van der Waals surface area contributed by atoms with Gasteiger partial charge in [0.1, 0.15) is 0 Å². The maximum Gasteiger partial charge on any atom is 0.251 e. The van der Waals surface area contributed by atoms with Crippen molar-refractivity contribution in [3.05, 3.63) is 70.7 Å². The van der Waals surface area contributed by atoms with Gasteiger partial charge in [-0.15, -0.1) is 0 Å². The van der Waals surface area contributed by atoms with Crippen LogP contribution in [0.3, 0.4) is 0 Å². The molecule has 0 saturated carbocycles. The van der Waals surface area contributed by atoms with Gasteiger partial charge in [-0.25, -0.2) is 0 Å². The van der Waals surface area contributed by atoms with E-state index in [4.69, 9.17) is 34.8 Å². The first-order valence-corrected chi connectivity index (χ1v) is 6.39. The third kappa shape index (κ3) is 2.26. The largest absolute Gasteiger partial charge is 0.278 e. The van der Waals surface area contributed by atoms with E-state index in [0.29, 0.717) is 16.1 Å². The lowest BCUT2D eigenvalue weighted by Crippen LogP contribution is -2.28. The minimum Gasteiger partial charge on any atom is -0.278 e. The number of hydrogen-bond acceptors (Lipinski definition) is 1. The Morgan fingerprint density at radius 2 is 1.50 bits per heavy atom. The Morgan fingerprint density at radius 3 is 2.06 bits per heavy atom. The van der Waals surface area contributed by atoms with Gasteiger partial charge in [0, 0.05) is 10.6 Å². The van der Waals surface area contributed by atoms with Crippen LogP contribution in [0.15, 0.2) is 54.6 Å². The predicted octanol–water partition coefficient (Wildman–Crippen LogP) is 4.59. The summed E-state index contributed by atoms with van der Waals surface area (Å²) < 4.78 is 0. The SMILES string of the molecule is O=C(Cl)C(Cl)(c1ccccc1)c1ccccc1Cl. The molecule has 0 aliphatic heterocycles. The first-order chi connectivity index (χ1) is 8.56. The molecule has 2 aromatic rings. The topological polar surface area (TPSA) is 17.1 Å². The molecule has 0 bridgehead atoms. The monoisotopic (exact) mass is 298 g/mol. The summed E-state index contributed by atoms with van der Waals surface area (Å²) in [5, 5.41) is -0.270. The molecular formula is C14H9Cl3O. The molecule has 0 N–H and O–H groups in total. The molecule has 0 amide bonds. The minimum absolute atomic E-state index is 0.408. The van der Waals surface area contributed by atoms with Crippen LogP contribution < -0.4 is 0 Å². The fourth-order valence-corrected chi connectivity index (χ4v) is 2.61. The van der Waals surface area contributed by atoms with E-state index >= 15 is 0 Å². The summed E-state index contributed by atoms with van der Waals surface area (Å²) in [5.41, 5.74) is 1.08.